The van der Waals surface area contributed by atoms with Gasteiger partial charge in [0.05, 0.1) is 17.7 Å². The summed E-state index contributed by atoms with van der Waals surface area (Å²) >= 11 is 0. The molecule has 0 bridgehead atoms. The maximum Gasteiger partial charge on any atom is 0.261 e. The highest BCUT2D eigenvalue weighted by Crippen LogP contribution is 2.31. The fourth-order valence-electron chi connectivity index (χ4n) is 3.48. The molecule has 2 aromatic carbocycles. The highest BCUT2D eigenvalue weighted by Gasteiger charge is 2.35. The average molecular weight is 392 g/mol. The number of imide groups is 1. The second-order valence-electron chi connectivity index (χ2n) is 6.95. The van der Waals surface area contributed by atoms with Crippen molar-refractivity contribution in [2.75, 3.05) is 26.7 Å². The van der Waals surface area contributed by atoms with E-state index in [4.69, 9.17) is 9.47 Å². The Morgan fingerprint density at radius 1 is 1.17 bits per heavy atom. The third kappa shape index (κ3) is 3.35. The lowest BCUT2D eigenvalue weighted by Crippen LogP contribution is -2.41. The van der Waals surface area contributed by atoms with Gasteiger partial charge in [-0.3, -0.25) is 19.3 Å². The van der Waals surface area contributed by atoms with E-state index in [1.165, 1.54) is 23.1 Å². The Balaban J connectivity index is 1.47. The zero-order chi connectivity index (χ0) is 20.5. The zero-order valence-electron chi connectivity index (χ0n) is 16.0. The number of carbonyl (C=O) groups excluding carboxylic acids is 3. The number of fused-ring (bicyclic) bond motifs is 2. The van der Waals surface area contributed by atoms with Gasteiger partial charge in [0, 0.05) is 19.2 Å². The molecule has 3 amide bonds. The predicted molar refractivity (Wildman–Crippen MR) is 105 cm³/mol. The second-order valence-corrected chi connectivity index (χ2v) is 6.95. The van der Waals surface area contributed by atoms with Gasteiger partial charge in [-0.25, -0.2) is 0 Å². The minimum absolute atomic E-state index is 0.135. The van der Waals surface area contributed by atoms with Crippen molar-refractivity contribution in [1.82, 2.24) is 9.80 Å². The number of hydrogen-bond donors (Lipinski definition) is 0. The molecule has 0 aromatic heterocycles. The van der Waals surface area contributed by atoms with Gasteiger partial charge in [0.15, 0.2) is 17.6 Å². The lowest BCUT2D eigenvalue weighted by Gasteiger charge is -2.29. The Morgan fingerprint density at radius 2 is 1.90 bits per heavy atom. The largest absolute Gasteiger partial charge is 0.486 e. The van der Waals surface area contributed by atoms with E-state index in [1.807, 2.05) is 24.3 Å². The van der Waals surface area contributed by atoms with Gasteiger partial charge in [0.25, 0.3) is 17.7 Å². The van der Waals surface area contributed by atoms with Crippen LogP contribution in [0.5, 0.6) is 11.5 Å². The highest BCUT2D eigenvalue weighted by molar-refractivity contribution is 6.22. The van der Waals surface area contributed by atoms with Crippen LogP contribution in [0.1, 0.15) is 31.1 Å². The molecule has 0 saturated carbocycles. The SMILES string of the molecule is C=CCN1C(=O)c2ccc(C(=O)N(C)C[C@@H]3COc4ccccc4O3)cc2C1=O. The van der Waals surface area contributed by atoms with E-state index in [9.17, 15) is 14.4 Å². The van der Waals surface area contributed by atoms with E-state index in [0.717, 1.165) is 4.90 Å². The molecule has 0 N–H and O–H groups in total. The number of likely N-dealkylation sites (N-methyl/N-ethyl adjacent to an activating group) is 1. The van der Waals surface area contributed by atoms with Gasteiger partial charge in [0.2, 0.25) is 0 Å². The monoisotopic (exact) mass is 392 g/mol. The molecule has 0 spiro atoms. The van der Waals surface area contributed by atoms with E-state index in [-0.39, 0.29) is 30.0 Å². The van der Waals surface area contributed by atoms with E-state index < -0.39 is 5.91 Å². The summed E-state index contributed by atoms with van der Waals surface area (Å²) in [6, 6.07) is 11.9. The maximum absolute atomic E-state index is 12.9. The second kappa shape index (κ2) is 7.43. The van der Waals surface area contributed by atoms with Crippen molar-refractivity contribution in [2.24, 2.45) is 0 Å². The van der Waals surface area contributed by atoms with Crippen molar-refractivity contribution >= 4 is 17.7 Å². The molecule has 1 atom stereocenters. The summed E-state index contributed by atoms with van der Waals surface area (Å²) in [7, 11) is 1.66. The topological polar surface area (TPSA) is 76.2 Å². The molecule has 2 aliphatic heterocycles. The normalized spacial score (nSPS) is 17.1. The van der Waals surface area contributed by atoms with Crippen molar-refractivity contribution in [3.8, 4) is 11.5 Å². The van der Waals surface area contributed by atoms with Crippen LogP contribution in [-0.2, 0) is 0 Å². The molecule has 4 rings (SSSR count). The molecule has 29 heavy (non-hydrogen) atoms. The third-order valence-electron chi connectivity index (χ3n) is 4.92. The number of carbonyl (C=O) groups is 3. The Kier molecular flexibility index (Phi) is 4.80. The molecule has 2 heterocycles. The molecule has 7 nitrogen and oxygen atoms in total. The number of hydrogen-bond acceptors (Lipinski definition) is 5. The van der Waals surface area contributed by atoms with E-state index in [2.05, 4.69) is 6.58 Å². The molecule has 0 aliphatic carbocycles. The highest BCUT2D eigenvalue weighted by atomic mass is 16.6. The molecular weight excluding hydrogens is 372 g/mol. The first-order valence-electron chi connectivity index (χ1n) is 9.24. The summed E-state index contributed by atoms with van der Waals surface area (Å²) in [5.41, 5.74) is 0.879. The molecule has 7 heteroatoms. The molecule has 0 unspecified atom stereocenters. The first-order valence-corrected chi connectivity index (χ1v) is 9.24. The lowest BCUT2D eigenvalue weighted by molar-refractivity contribution is 0.0521. The van der Waals surface area contributed by atoms with Crippen LogP contribution in [0.25, 0.3) is 0 Å². The number of nitrogens with zero attached hydrogens (tertiary/aromatic N) is 2. The average Bonchev–Trinajstić information content (AvgIpc) is 2.97. The molecule has 0 radical (unpaired) electrons. The molecule has 0 saturated heterocycles. The first-order chi connectivity index (χ1) is 14.0. The summed E-state index contributed by atoms with van der Waals surface area (Å²) in [4.78, 5) is 40.3. The van der Waals surface area contributed by atoms with Gasteiger partial charge < -0.3 is 14.4 Å². The van der Waals surface area contributed by atoms with Crippen molar-refractivity contribution in [3.63, 3.8) is 0 Å². The number of amides is 3. The van der Waals surface area contributed by atoms with E-state index >= 15 is 0 Å². The Bertz CT molecular complexity index is 1020. The van der Waals surface area contributed by atoms with Crippen molar-refractivity contribution in [2.45, 2.75) is 6.10 Å². The smallest absolute Gasteiger partial charge is 0.261 e. The minimum Gasteiger partial charge on any atom is -0.486 e. The van der Waals surface area contributed by atoms with Crippen LogP contribution in [0.4, 0.5) is 0 Å². The summed E-state index contributed by atoms with van der Waals surface area (Å²) in [6.07, 6.45) is 1.19. The Morgan fingerprint density at radius 3 is 2.66 bits per heavy atom. The van der Waals surface area contributed by atoms with Gasteiger partial charge >= 0.3 is 0 Å². The van der Waals surface area contributed by atoms with E-state index in [0.29, 0.717) is 35.8 Å². The maximum atomic E-state index is 12.9. The van der Waals surface area contributed by atoms with Crippen LogP contribution in [0.15, 0.2) is 55.1 Å². The number of para-hydroxylation sites is 2. The van der Waals surface area contributed by atoms with Crippen LogP contribution in [0.3, 0.4) is 0 Å². The van der Waals surface area contributed by atoms with Crippen LogP contribution in [0, 0.1) is 0 Å². The number of ether oxygens (including phenoxy) is 2. The molecule has 148 valence electrons. The van der Waals surface area contributed by atoms with Crippen LogP contribution in [-0.4, -0.2) is 60.4 Å². The van der Waals surface area contributed by atoms with Gasteiger partial charge in [-0.05, 0) is 30.3 Å². The van der Waals surface area contributed by atoms with Crippen LogP contribution in [0.2, 0.25) is 0 Å². The van der Waals surface area contributed by atoms with Gasteiger partial charge in [-0.15, -0.1) is 6.58 Å². The fraction of sp³-hybridized carbons (Fsp3) is 0.227. The lowest BCUT2D eigenvalue weighted by atomic mass is 10.0. The number of rotatable bonds is 5. The minimum atomic E-state index is -0.414. The summed E-state index contributed by atoms with van der Waals surface area (Å²) in [5, 5.41) is 0. The van der Waals surface area contributed by atoms with E-state index in [1.54, 1.807) is 13.1 Å². The third-order valence-corrected chi connectivity index (χ3v) is 4.92. The molecule has 0 fully saturated rings. The van der Waals surface area contributed by atoms with Gasteiger partial charge in [0.1, 0.15) is 6.61 Å². The van der Waals surface area contributed by atoms with Crippen molar-refractivity contribution < 1.29 is 23.9 Å². The summed E-state index contributed by atoms with van der Waals surface area (Å²) < 4.78 is 11.6. The zero-order valence-corrected chi connectivity index (χ0v) is 16.0. The summed E-state index contributed by atoms with van der Waals surface area (Å²) in [6.45, 7) is 4.36. The van der Waals surface area contributed by atoms with Gasteiger partial charge in [-0.1, -0.05) is 18.2 Å². The standard InChI is InChI=1S/C22H20N2O5/c1-3-10-24-21(26)16-9-8-14(11-17(16)22(24)27)20(25)23(2)12-15-13-28-18-6-4-5-7-19(18)29-15/h3-9,11,15H,1,10,12-13H2,2H3/t15-/m1/s1. The molecule has 2 aromatic rings. The van der Waals surface area contributed by atoms with Crippen molar-refractivity contribution in [1.29, 1.82) is 0 Å². The predicted octanol–water partition coefficient (Wildman–Crippen LogP) is 2.38. The first kappa shape index (κ1) is 18.7. The number of benzene rings is 2. The quantitative estimate of drug-likeness (QED) is 0.577. The van der Waals surface area contributed by atoms with Crippen LogP contribution < -0.4 is 9.47 Å². The summed E-state index contributed by atoms with van der Waals surface area (Å²) in [5.74, 6) is 0.279. The molecule has 2 aliphatic rings. The van der Waals surface area contributed by atoms with Gasteiger partial charge in [-0.2, -0.15) is 0 Å². The Labute approximate surface area is 168 Å². The fourth-order valence-corrected chi connectivity index (χ4v) is 3.48. The van der Waals surface area contributed by atoms with Crippen molar-refractivity contribution in [3.05, 3.63) is 71.8 Å². The Hall–Kier alpha value is -3.61. The van der Waals surface area contributed by atoms with Crippen LogP contribution >= 0.6 is 0 Å². The molecular formula is C22H20N2O5.